The molecule has 0 bridgehead atoms. The Hall–Kier alpha value is -3.61. The zero-order valence-electron chi connectivity index (χ0n) is 14.3. The molecule has 1 saturated heterocycles. The second kappa shape index (κ2) is 6.28. The summed E-state index contributed by atoms with van der Waals surface area (Å²) in [5.41, 5.74) is 2.59. The van der Waals surface area contributed by atoms with Gasteiger partial charge in [0.05, 0.1) is 18.3 Å². The van der Waals surface area contributed by atoms with Gasteiger partial charge in [-0.1, -0.05) is 47.7 Å². The van der Waals surface area contributed by atoms with Crippen molar-refractivity contribution < 1.29 is 13.9 Å². The Labute approximate surface area is 154 Å². The molecule has 7 nitrogen and oxygen atoms in total. The summed E-state index contributed by atoms with van der Waals surface area (Å²) in [7, 11) is 0. The molecule has 0 aliphatic carbocycles. The van der Waals surface area contributed by atoms with Crippen molar-refractivity contribution in [1.82, 2.24) is 19.9 Å². The zero-order chi connectivity index (χ0) is 18.2. The highest BCUT2D eigenvalue weighted by Gasteiger charge is 2.46. The van der Waals surface area contributed by atoms with Crippen LogP contribution in [0.15, 0.2) is 77.4 Å². The predicted octanol–water partition coefficient (Wildman–Crippen LogP) is 3.92. The Morgan fingerprint density at radius 2 is 1.78 bits per heavy atom. The molecule has 0 N–H and O–H groups in total. The average molecular weight is 360 g/mol. The van der Waals surface area contributed by atoms with Gasteiger partial charge in [-0.15, -0.1) is 5.10 Å². The van der Waals surface area contributed by atoms with Crippen LogP contribution in [0, 0.1) is 0 Å². The number of para-hydroxylation sites is 1. The maximum atomic E-state index is 12.7. The molecule has 3 heterocycles. The van der Waals surface area contributed by atoms with E-state index in [1.807, 2.05) is 54.6 Å². The monoisotopic (exact) mass is 360 g/mol. The summed E-state index contributed by atoms with van der Waals surface area (Å²) >= 11 is 0. The number of cyclic esters (lactones) is 1. The Kier molecular flexibility index (Phi) is 3.64. The lowest BCUT2D eigenvalue weighted by Gasteiger charge is -2.24. The molecule has 2 atom stereocenters. The van der Waals surface area contributed by atoms with Gasteiger partial charge in [-0.05, 0) is 29.8 Å². The van der Waals surface area contributed by atoms with Crippen molar-refractivity contribution in [3.05, 3.63) is 84.3 Å². The third-order valence-corrected chi connectivity index (χ3v) is 4.70. The number of fused-ring (bicyclic) bond motifs is 1. The smallest absolute Gasteiger partial charge is 0.412 e. The number of ether oxygens (including phenoxy) is 1. The number of hydrogen-bond donors (Lipinski definition) is 0. The summed E-state index contributed by atoms with van der Waals surface area (Å²) in [6.07, 6.45) is 0.0434. The summed E-state index contributed by atoms with van der Waals surface area (Å²) in [6.45, 7) is 0.399. The number of aromatic nitrogens is 3. The van der Waals surface area contributed by atoms with Crippen molar-refractivity contribution in [2.24, 2.45) is 0 Å². The minimum Gasteiger partial charge on any atom is -0.465 e. The van der Waals surface area contributed by atoms with Crippen LogP contribution < -0.4 is 0 Å². The molecule has 1 amide bonds. The van der Waals surface area contributed by atoms with Crippen LogP contribution in [0.5, 0.6) is 0 Å². The second-order valence-electron chi connectivity index (χ2n) is 6.37. The molecule has 0 spiro atoms. The largest absolute Gasteiger partial charge is 0.465 e. The summed E-state index contributed by atoms with van der Waals surface area (Å²) in [5, 5.41) is 8.55. The van der Waals surface area contributed by atoms with E-state index in [9.17, 15) is 4.79 Å². The number of carbonyl (C=O) groups excluding carboxylic acids is 1. The van der Waals surface area contributed by atoms with E-state index in [1.54, 1.807) is 28.0 Å². The molecule has 2 aromatic carbocycles. The van der Waals surface area contributed by atoms with Gasteiger partial charge in [0.2, 0.25) is 6.10 Å². The van der Waals surface area contributed by atoms with E-state index >= 15 is 0 Å². The molecule has 5 rings (SSSR count). The topological polar surface area (TPSA) is 73.4 Å². The third kappa shape index (κ3) is 2.64. The van der Waals surface area contributed by atoms with Crippen molar-refractivity contribution in [1.29, 1.82) is 0 Å². The summed E-state index contributed by atoms with van der Waals surface area (Å²) in [4.78, 5) is 14.4. The molecule has 1 aliphatic rings. The molecule has 27 heavy (non-hydrogen) atoms. The van der Waals surface area contributed by atoms with Gasteiger partial charge < -0.3 is 9.15 Å². The fourth-order valence-electron chi connectivity index (χ4n) is 3.45. The number of carbonyl (C=O) groups is 1. The van der Waals surface area contributed by atoms with Crippen molar-refractivity contribution in [2.45, 2.75) is 18.8 Å². The molecule has 134 valence electrons. The van der Waals surface area contributed by atoms with Gasteiger partial charge in [0.15, 0.2) is 6.17 Å². The van der Waals surface area contributed by atoms with Crippen LogP contribution in [0.2, 0.25) is 0 Å². The molecule has 1 aliphatic heterocycles. The van der Waals surface area contributed by atoms with Gasteiger partial charge >= 0.3 is 6.09 Å². The van der Waals surface area contributed by atoms with Crippen LogP contribution in [-0.4, -0.2) is 26.0 Å². The highest BCUT2D eigenvalue weighted by Crippen LogP contribution is 2.41. The lowest BCUT2D eigenvalue weighted by atomic mass is 10.1. The maximum Gasteiger partial charge on any atom is 0.412 e. The van der Waals surface area contributed by atoms with E-state index in [2.05, 4.69) is 10.3 Å². The summed E-state index contributed by atoms with van der Waals surface area (Å²) in [6, 6.07) is 21.0. The van der Waals surface area contributed by atoms with Crippen LogP contribution >= 0.6 is 0 Å². The Morgan fingerprint density at radius 1 is 0.963 bits per heavy atom. The molecular weight excluding hydrogens is 344 g/mol. The minimum absolute atomic E-state index is 0.399. The first kappa shape index (κ1) is 15.6. The van der Waals surface area contributed by atoms with Crippen molar-refractivity contribution in [3.8, 4) is 0 Å². The zero-order valence-corrected chi connectivity index (χ0v) is 14.3. The van der Waals surface area contributed by atoms with Crippen LogP contribution in [0.3, 0.4) is 0 Å². The van der Waals surface area contributed by atoms with Crippen molar-refractivity contribution >= 4 is 17.1 Å². The van der Waals surface area contributed by atoms with Gasteiger partial charge in [-0.3, -0.25) is 4.90 Å². The minimum atomic E-state index is -0.610. The molecule has 1 fully saturated rings. The number of benzene rings is 2. The quantitative estimate of drug-likeness (QED) is 0.551. The molecule has 4 aromatic rings. The van der Waals surface area contributed by atoms with E-state index in [0.29, 0.717) is 12.3 Å². The van der Waals surface area contributed by atoms with Gasteiger partial charge in [-0.25, -0.2) is 9.48 Å². The third-order valence-electron chi connectivity index (χ3n) is 4.70. The molecule has 2 aromatic heterocycles. The summed E-state index contributed by atoms with van der Waals surface area (Å²) < 4.78 is 13.0. The fraction of sp³-hybridized carbons (Fsp3) is 0.150. The Balaban J connectivity index is 1.61. The average Bonchev–Trinajstić information content (AvgIpc) is 3.42. The maximum absolute atomic E-state index is 12.7. The highest BCUT2D eigenvalue weighted by atomic mass is 16.6. The van der Waals surface area contributed by atoms with Crippen molar-refractivity contribution in [2.75, 3.05) is 0 Å². The second-order valence-corrected chi connectivity index (χ2v) is 6.37. The normalized spacial score (nSPS) is 19.6. The lowest BCUT2D eigenvalue weighted by Crippen LogP contribution is -2.32. The van der Waals surface area contributed by atoms with Crippen molar-refractivity contribution in [3.63, 3.8) is 0 Å². The first-order valence-electron chi connectivity index (χ1n) is 8.66. The number of furan rings is 1. The fourth-order valence-corrected chi connectivity index (χ4v) is 3.45. The Bertz CT molecular complexity index is 1080. The number of rotatable bonds is 4. The number of amides is 1. The van der Waals surface area contributed by atoms with Crippen LogP contribution in [-0.2, 0) is 11.3 Å². The lowest BCUT2D eigenvalue weighted by molar-refractivity contribution is 0.101. The predicted molar refractivity (Wildman–Crippen MR) is 96.5 cm³/mol. The highest BCUT2D eigenvalue weighted by molar-refractivity contribution is 5.75. The first-order valence-corrected chi connectivity index (χ1v) is 8.66. The molecule has 0 unspecified atom stereocenters. The van der Waals surface area contributed by atoms with Crippen LogP contribution in [0.25, 0.3) is 11.0 Å². The van der Waals surface area contributed by atoms with E-state index in [1.165, 1.54) is 0 Å². The SMILES string of the molecule is O=C1O[C@@H](c2ccco2)[C@H](n2nnc3ccccc32)N1Cc1ccccc1. The van der Waals surface area contributed by atoms with Crippen LogP contribution in [0.4, 0.5) is 4.79 Å². The van der Waals surface area contributed by atoms with Crippen LogP contribution in [0.1, 0.15) is 23.6 Å². The first-order chi connectivity index (χ1) is 13.3. The number of nitrogens with zero attached hydrogens (tertiary/aromatic N) is 4. The van der Waals surface area contributed by atoms with Gasteiger partial charge in [0.1, 0.15) is 11.3 Å². The van der Waals surface area contributed by atoms with E-state index in [4.69, 9.17) is 9.15 Å². The van der Waals surface area contributed by atoms with E-state index in [-0.39, 0.29) is 0 Å². The number of hydrogen-bond acceptors (Lipinski definition) is 5. The molecular formula is C20H16N4O3. The van der Waals surface area contributed by atoms with E-state index < -0.39 is 18.4 Å². The van der Waals surface area contributed by atoms with Gasteiger partial charge in [0, 0.05) is 0 Å². The van der Waals surface area contributed by atoms with Gasteiger partial charge in [0.25, 0.3) is 0 Å². The summed E-state index contributed by atoms with van der Waals surface area (Å²) in [5.74, 6) is 0.573. The molecule has 0 saturated carbocycles. The standard InChI is InChI=1S/C20H16N4O3/c25-20-23(13-14-7-2-1-3-8-14)19(18(27-20)17-11-6-12-26-17)24-16-10-5-4-9-15(16)21-22-24/h1-12,18-19H,13H2/t18-,19-/m0/s1. The van der Waals surface area contributed by atoms with Gasteiger partial charge in [-0.2, -0.15) is 0 Å². The Morgan fingerprint density at radius 3 is 2.59 bits per heavy atom. The molecule has 0 radical (unpaired) electrons. The molecule has 7 heteroatoms. The van der Waals surface area contributed by atoms with E-state index in [0.717, 1.165) is 16.6 Å².